The summed E-state index contributed by atoms with van der Waals surface area (Å²) in [5, 5.41) is 8.03. The Morgan fingerprint density at radius 1 is 0.805 bits per heavy atom. The molecule has 11 nitrogen and oxygen atoms in total. The molecule has 4 amide bonds. The van der Waals surface area contributed by atoms with Crippen LogP contribution in [0, 0.1) is 5.92 Å². The van der Waals surface area contributed by atoms with Crippen LogP contribution in [0.4, 0.5) is 4.79 Å². The van der Waals surface area contributed by atoms with Gasteiger partial charge in [0.15, 0.2) is 0 Å². The van der Waals surface area contributed by atoms with Crippen molar-refractivity contribution in [2.45, 2.75) is 141 Å². The van der Waals surface area contributed by atoms with Gasteiger partial charge in [-0.15, -0.1) is 0 Å². The minimum absolute atomic E-state index is 0.0670. The molecular weight excluding hydrogens is 528 g/mol. The Hall–Kier alpha value is -2.85. The lowest BCUT2D eigenvalue weighted by Crippen LogP contribution is -2.54. The quantitative estimate of drug-likeness (QED) is 0.177. The lowest BCUT2D eigenvalue weighted by molar-refractivity contribution is -0.154. The predicted molar refractivity (Wildman–Crippen MR) is 157 cm³/mol. The average Bonchev–Trinajstić information content (AvgIpc) is 2.95. The number of hydrogen-bond acceptors (Lipinski definition) is 7. The minimum Gasteiger partial charge on any atom is -0.469 e. The molecule has 0 bridgehead atoms. The number of carbonyl (C=O) groups excluding carboxylic acids is 5. The van der Waals surface area contributed by atoms with E-state index < -0.39 is 36.0 Å². The lowest BCUT2D eigenvalue weighted by atomic mass is 10.0. The molecule has 0 unspecified atom stereocenters. The highest BCUT2D eigenvalue weighted by atomic mass is 16.5. The van der Waals surface area contributed by atoms with Gasteiger partial charge in [0.05, 0.1) is 7.11 Å². The number of primary amides is 1. The van der Waals surface area contributed by atoms with Gasteiger partial charge in [-0.25, -0.2) is 9.59 Å². The van der Waals surface area contributed by atoms with E-state index in [1.807, 2.05) is 0 Å². The van der Waals surface area contributed by atoms with Crippen molar-refractivity contribution in [1.29, 1.82) is 0 Å². The third kappa shape index (κ3) is 17.5. The first-order valence-corrected chi connectivity index (χ1v) is 15.5. The topological polar surface area (TPSA) is 166 Å². The van der Waals surface area contributed by atoms with Crippen LogP contribution in [0.15, 0.2) is 0 Å². The second kappa shape index (κ2) is 21.8. The van der Waals surface area contributed by atoms with E-state index in [2.05, 4.69) is 20.7 Å². The zero-order chi connectivity index (χ0) is 30.5. The highest BCUT2D eigenvalue weighted by Gasteiger charge is 2.30. The van der Waals surface area contributed by atoms with Crippen molar-refractivity contribution in [3.05, 3.63) is 0 Å². The molecule has 1 aliphatic rings. The smallest absolute Gasteiger partial charge is 0.328 e. The summed E-state index contributed by atoms with van der Waals surface area (Å²) in [6, 6.07) is -2.46. The molecule has 11 heteroatoms. The van der Waals surface area contributed by atoms with Gasteiger partial charge in [0, 0.05) is 19.4 Å². The van der Waals surface area contributed by atoms with E-state index >= 15 is 0 Å². The number of carbonyl (C=O) groups is 5. The number of amides is 4. The summed E-state index contributed by atoms with van der Waals surface area (Å²) in [5.74, 6) is -2.00. The number of nitrogens with one attached hydrogen (secondary N) is 3. The molecule has 2 atom stereocenters. The summed E-state index contributed by atoms with van der Waals surface area (Å²) in [7, 11) is 1.29. The first-order chi connectivity index (χ1) is 19.6. The Bertz CT molecular complexity index is 792. The van der Waals surface area contributed by atoms with Crippen LogP contribution in [-0.2, 0) is 28.7 Å². The van der Waals surface area contributed by atoms with Crippen LogP contribution in [0.25, 0.3) is 0 Å². The zero-order valence-corrected chi connectivity index (χ0v) is 25.5. The van der Waals surface area contributed by atoms with Crippen molar-refractivity contribution in [3.8, 4) is 0 Å². The van der Waals surface area contributed by atoms with Gasteiger partial charge in [-0.1, -0.05) is 65.2 Å². The highest BCUT2D eigenvalue weighted by molar-refractivity contribution is 5.91. The van der Waals surface area contributed by atoms with Crippen molar-refractivity contribution in [3.63, 3.8) is 0 Å². The van der Waals surface area contributed by atoms with Crippen LogP contribution in [-0.4, -0.2) is 61.6 Å². The van der Waals surface area contributed by atoms with Crippen molar-refractivity contribution >= 4 is 29.8 Å². The first-order valence-electron chi connectivity index (χ1n) is 15.5. The van der Waals surface area contributed by atoms with Crippen molar-refractivity contribution in [2.75, 3.05) is 13.7 Å². The molecule has 0 aliphatic heterocycles. The summed E-state index contributed by atoms with van der Waals surface area (Å²) in [6.07, 6.45) is 14.2. The van der Waals surface area contributed by atoms with Gasteiger partial charge in [-0.05, 0) is 50.9 Å². The van der Waals surface area contributed by atoms with E-state index in [-0.39, 0.29) is 43.7 Å². The summed E-state index contributed by atoms with van der Waals surface area (Å²) in [5.41, 5.74) is 5.16. The SMILES string of the molecule is COC(=O)CCCC(=O)N[C@H](C(=O)N[C@@H](CCCNC(N)=O)C(=O)OC1CCCCCCCCCCCC1)C(C)C. The van der Waals surface area contributed by atoms with E-state index in [1.54, 1.807) is 13.8 Å². The maximum absolute atomic E-state index is 13.4. The van der Waals surface area contributed by atoms with Gasteiger partial charge in [0.25, 0.3) is 0 Å². The summed E-state index contributed by atoms with van der Waals surface area (Å²) in [6.45, 7) is 3.86. The van der Waals surface area contributed by atoms with Crippen LogP contribution in [0.5, 0.6) is 0 Å². The number of hydrogen-bond donors (Lipinski definition) is 4. The number of ether oxygens (including phenoxy) is 2. The largest absolute Gasteiger partial charge is 0.469 e. The Labute approximate surface area is 245 Å². The minimum atomic E-state index is -0.931. The maximum Gasteiger partial charge on any atom is 0.328 e. The van der Waals surface area contributed by atoms with Crippen molar-refractivity contribution < 1.29 is 33.4 Å². The second-order valence-electron chi connectivity index (χ2n) is 11.4. The third-order valence-electron chi connectivity index (χ3n) is 7.43. The maximum atomic E-state index is 13.4. The number of esters is 2. The molecule has 0 heterocycles. The van der Waals surface area contributed by atoms with Crippen molar-refractivity contribution in [1.82, 2.24) is 16.0 Å². The second-order valence-corrected chi connectivity index (χ2v) is 11.4. The Kier molecular flexibility index (Phi) is 19.3. The number of rotatable bonds is 14. The molecule has 0 aromatic rings. The van der Waals surface area contributed by atoms with Gasteiger partial charge >= 0.3 is 18.0 Å². The highest BCUT2D eigenvalue weighted by Crippen LogP contribution is 2.20. The summed E-state index contributed by atoms with van der Waals surface area (Å²) < 4.78 is 10.6. The van der Waals surface area contributed by atoms with Gasteiger partial charge in [-0.2, -0.15) is 0 Å². The number of urea groups is 1. The van der Waals surface area contributed by atoms with E-state index in [0.29, 0.717) is 12.8 Å². The Morgan fingerprint density at radius 3 is 1.88 bits per heavy atom. The van der Waals surface area contributed by atoms with E-state index in [1.165, 1.54) is 45.6 Å². The van der Waals surface area contributed by atoms with Gasteiger partial charge in [-0.3, -0.25) is 14.4 Å². The molecule has 0 spiro atoms. The van der Waals surface area contributed by atoms with Gasteiger partial charge in [0.1, 0.15) is 18.2 Å². The lowest BCUT2D eigenvalue weighted by Gasteiger charge is -2.26. The average molecular weight is 583 g/mol. The third-order valence-corrected chi connectivity index (χ3v) is 7.43. The normalized spacial score (nSPS) is 17.1. The van der Waals surface area contributed by atoms with E-state index in [4.69, 9.17) is 10.5 Å². The molecule has 1 saturated carbocycles. The molecule has 1 rings (SSSR count). The van der Waals surface area contributed by atoms with Crippen LogP contribution < -0.4 is 21.7 Å². The van der Waals surface area contributed by atoms with Gasteiger partial charge < -0.3 is 31.2 Å². The fraction of sp³-hybridized carbons (Fsp3) is 0.833. The van der Waals surface area contributed by atoms with Crippen LogP contribution in [0.3, 0.4) is 0 Å². The molecule has 0 aromatic carbocycles. The fourth-order valence-electron chi connectivity index (χ4n) is 4.97. The molecule has 0 saturated heterocycles. The Balaban J connectivity index is 2.85. The molecule has 236 valence electrons. The van der Waals surface area contributed by atoms with Crippen molar-refractivity contribution in [2.24, 2.45) is 11.7 Å². The molecule has 1 aliphatic carbocycles. The number of methoxy groups -OCH3 is 1. The van der Waals surface area contributed by atoms with E-state index in [0.717, 1.165) is 38.5 Å². The fourth-order valence-corrected chi connectivity index (χ4v) is 4.97. The van der Waals surface area contributed by atoms with Crippen LogP contribution >= 0.6 is 0 Å². The summed E-state index contributed by atoms with van der Waals surface area (Å²) >= 11 is 0. The molecule has 0 aromatic heterocycles. The van der Waals surface area contributed by atoms with Crippen LogP contribution in [0.2, 0.25) is 0 Å². The zero-order valence-electron chi connectivity index (χ0n) is 25.5. The molecule has 0 radical (unpaired) electrons. The van der Waals surface area contributed by atoms with Gasteiger partial charge in [0.2, 0.25) is 11.8 Å². The standard InChI is InChI=1S/C30H54N4O7/c1-22(2)27(34-25(35)19-14-20-26(36)40-3)28(37)33-24(18-15-21-32-30(31)39)29(38)41-23-16-12-10-8-6-4-5-7-9-11-13-17-23/h22-24,27H,4-21H2,1-3H3,(H,33,37)(H,34,35)(H3,31,32,39)/t24-,27-/m0/s1. The molecule has 1 fully saturated rings. The Morgan fingerprint density at radius 2 is 1.37 bits per heavy atom. The first kappa shape index (κ1) is 36.2. The number of nitrogens with two attached hydrogens (primary N) is 1. The van der Waals surface area contributed by atoms with Crippen LogP contribution in [0.1, 0.15) is 123 Å². The van der Waals surface area contributed by atoms with E-state index in [9.17, 15) is 24.0 Å². The summed E-state index contributed by atoms with van der Waals surface area (Å²) in [4.78, 5) is 61.5. The predicted octanol–water partition coefficient (Wildman–Crippen LogP) is 4.01. The molecular formula is C30H54N4O7. The molecule has 41 heavy (non-hydrogen) atoms. The molecule has 5 N–H and O–H groups in total. The monoisotopic (exact) mass is 582 g/mol.